The number of amides is 3. The molecule has 0 saturated carbocycles. The summed E-state index contributed by atoms with van der Waals surface area (Å²) in [7, 11) is 0. The summed E-state index contributed by atoms with van der Waals surface area (Å²) in [6, 6.07) is 10.4. The second-order valence-electron chi connectivity index (χ2n) is 6.09. The lowest BCUT2D eigenvalue weighted by molar-refractivity contribution is -0.130. The van der Waals surface area contributed by atoms with Gasteiger partial charge in [0.05, 0.1) is 6.42 Å². The molecular weight excluding hydrogens is 385 g/mol. The molecule has 0 aliphatic rings. The summed E-state index contributed by atoms with van der Waals surface area (Å²) in [5, 5.41) is 2.88. The van der Waals surface area contributed by atoms with Crippen molar-refractivity contribution in [3.63, 3.8) is 0 Å². The van der Waals surface area contributed by atoms with E-state index >= 15 is 0 Å². The van der Waals surface area contributed by atoms with Crippen molar-refractivity contribution in [3.05, 3.63) is 64.4 Å². The van der Waals surface area contributed by atoms with Crippen LogP contribution in [0.1, 0.15) is 29.3 Å². The van der Waals surface area contributed by atoms with Gasteiger partial charge in [0.1, 0.15) is 5.82 Å². The summed E-state index contributed by atoms with van der Waals surface area (Å²) in [5.41, 5.74) is 6.17. The Kier molecular flexibility index (Phi) is 7.52. The first-order valence-corrected chi connectivity index (χ1v) is 9.10. The minimum Gasteiger partial charge on any atom is -0.366 e. The monoisotopic (exact) mass is 405 g/mol. The number of benzene rings is 2. The van der Waals surface area contributed by atoms with Crippen molar-refractivity contribution >= 4 is 35.0 Å². The van der Waals surface area contributed by atoms with Gasteiger partial charge in [-0.25, -0.2) is 4.39 Å². The molecule has 6 nitrogen and oxygen atoms in total. The predicted octanol–water partition coefficient (Wildman–Crippen LogP) is 3.00. The Balaban J connectivity index is 1.90. The summed E-state index contributed by atoms with van der Waals surface area (Å²) in [5.74, 6) is -1.69. The van der Waals surface area contributed by atoms with Gasteiger partial charge in [-0.1, -0.05) is 17.7 Å². The molecule has 0 unspecified atom stereocenters. The fourth-order valence-electron chi connectivity index (χ4n) is 2.60. The molecule has 2 rings (SSSR count). The largest absolute Gasteiger partial charge is 0.366 e. The number of anilines is 1. The Morgan fingerprint density at radius 1 is 1.14 bits per heavy atom. The normalized spacial score (nSPS) is 10.4. The van der Waals surface area contributed by atoms with Crippen LogP contribution in [0.4, 0.5) is 10.1 Å². The van der Waals surface area contributed by atoms with Gasteiger partial charge in [-0.05, 0) is 43.3 Å². The summed E-state index contributed by atoms with van der Waals surface area (Å²) in [6.45, 7) is 2.35. The maximum absolute atomic E-state index is 13.9. The average molecular weight is 406 g/mol. The van der Waals surface area contributed by atoms with Gasteiger partial charge in [0.15, 0.2) is 0 Å². The van der Waals surface area contributed by atoms with E-state index in [0.717, 1.165) is 0 Å². The van der Waals surface area contributed by atoms with E-state index in [-0.39, 0.29) is 41.8 Å². The van der Waals surface area contributed by atoms with Crippen LogP contribution < -0.4 is 11.1 Å². The number of halogens is 2. The van der Waals surface area contributed by atoms with E-state index in [2.05, 4.69) is 5.32 Å². The zero-order chi connectivity index (χ0) is 20.7. The van der Waals surface area contributed by atoms with Gasteiger partial charge in [-0.3, -0.25) is 14.4 Å². The van der Waals surface area contributed by atoms with E-state index in [1.165, 1.54) is 35.2 Å². The molecule has 0 bridgehead atoms. The number of rotatable bonds is 8. The Labute approximate surface area is 167 Å². The molecule has 3 N–H and O–H groups in total. The number of hydrogen-bond acceptors (Lipinski definition) is 3. The molecule has 0 atom stereocenters. The molecule has 0 aliphatic carbocycles. The van der Waals surface area contributed by atoms with Crippen molar-refractivity contribution in [2.75, 3.05) is 18.4 Å². The summed E-state index contributed by atoms with van der Waals surface area (Å²) in [4.78, 5) is 37.1. The Morgan fingerprint density at radius 2 is 1.82 bits per heavy atom. The van der Waals surface area contributed by atoms with E-state index in [0.29, 0.717) is 17.8 Å². The molecule has 2 aromatic rings. The van der Waals surface area contributed by atoms with E-state index in [1.807, 2.05) is 0 Å². The molecule has 0 heterocycles. The average Bonchev–Trinajstić information content (AvgIpc) is 2.65. The Morgan fingerprint density at radius 3 is 2.39 bits per heavy atom. The van der Waals surface area contributed by atoms with Crippen LogP contribution in [-0.4, -0.2) is 35.7 Å². The highest BCUT2D eigenvalue weighted by Crippen LogP contribution is 2.20. The molecule has 0 aliphatic heterocycles. The van der Waals surface area contributed by atoms with Crippen molar-refractivity contribution in [2.45, 2.75) is 19.8 Å². The number of likely N-dealkylation sites (N-methyl/N-ethyl adjacent to an activating group) is 1. The van der Waals surface area contributed by atoms with Crippen molar-refractivity contribution < 1.29 is 18.8 Å². The zero-order valence-corrected chi connectivity index (χ0v) is 16.1. The van der Waals surface area contributed by atoms with E-state index in [1.54, 1.807) is 19.1 Å². The number of nitrogens with one attached hydrogen (secondary N) is 1. The van der Waals surface area contributed by atoms with Crippen molar-refractivity contribution in [1.82, 2.24) is 4.90 Å². The van der Waals surface area contributed by atoms with Crippen LogP contribution in [0.2, 0.25) is 5.02 Å². The molecule has 0 radical (unpaired) electrons. The second kappa shape index (κ2) is 9.85. The molecular formula is C20H21ClFN3O3. The Bertz CT molecular complexity index is 851. The van der Waals surface area contributed by atoms with Crippen LogP contribution in [0.3, 0.4) is 0 Å². The maximum Gasteiger partial charge on any atom is 0.248 e. The summed E-state index contributed by atoms with van der Waals surface area (Å²) in [6.07, 6.45) is -0.0995. The molecule has 8 heteroatoms. The smallest absolute Gasteiger partial charge is 0.248 e. The molecule has 148 valence electrons. The number of hydrogen-bond donors (Lipinski definition) is 2. The quantitative estimate of drug-likeness (QED) is 0.707. The number of carbonyl (C=O) groups excluding carboxylic acids is 3. The van der Waals surface area contributed by atoms with Crippen LogP contribution in [0, 0.1) is 5.82 Å². The standard InChI is InChI=1S/C20H21ClFN3O3/c1-2-25(19(27)12-15-16(21)4-3-5-17(15)22)11-10-18(26)24-14-8-6-13(7-9-14)20(23)28/h3-9H,2,10-12H2,1H3,(H2,23,28)(H,24,26). The van der Waals surface area contributed by atoms with Crippen LogP contribution in [0.15, 0.2) is 42.5 Å². The highest BCUT2D eigenvalue weighted by molar-refractivity contribution is 6.31. The molecule has 0 spiro atoms. The summed E-state index contributed by atoms with van der Waals surface area (Å²) < 4.78 is 13.9. The van der Waals surface area contributed by atoms with Crippen molar-refractivity contribution in [3.8, 4) is 0 Å². The summed E-state index contributed by atoms with van der Waals surface area (Å²) >= 11 is 5.97. The lowest BCUT2D eigenvalue weighted by Gasteiger charge is -2.21. The highest BCUT2D eigenvalue weighted by atomic mass is 35.5. The predicted molar refractivity (Wildman–Crippen MR) is 106 cm³/mol. The van der Waals surface area contributed by atoms with Gasteiger partial charge < -0.3 is 16.0 Å². The number of primary amides is 1. The first-order chi connectivity index (χ1) is 13.3. The third-order valence-electron chi connectivity index (χ3n) is 4.19. The zero-order valence-electron chi connectivity index (χ0n) is 15.4. The van der Waals surface area contributed by atoms with Crippen LogP contribution in [0.25, 0.3) is 0 Å². The van der Waals surface area contributed by atoms with Gasteiger partial charge in [0, 0.05) is 41.3 Å². The molecule has 0 aromatic heterocycles. The second-order valence-corrected chi connectivity index (χ2v) is 6.50. The number of nitrogens with two attached hydrogens (primary N) is 1. The van der Waals surface area contributed by atoms with Gasteiger partial charge in [-0.2, -0.15) is 0 Å². The first-order valence-electron chi connectivity index (χ1n) is 8.72. The lowest BCUT2D eigenvalue weighted by atomic mass is 10.1. The molecule has 28 heavy (non-hydrogen) atoms. The fraction of sp³-hybridized carbons (Fsp3) is 0.250. The minimum absolute atomic E-state index is 0.0716. The minimum atomic E-state index is -0.551. The molecule has 2 aromatic carbocycles. The van der Waals surface area contributed by atoms with E-state index in [4.69, 9.17) is 17.3 Å². The first kappa shape index (κ1) is 21.4. The van der Waals surface area contributed by atoms with E-state index in [9.17, 15) is 18.8 Å². The number of nitrogens with zero attached hydrogens (tertiary/aromatic N) is 1. The van der Waals surface area contributed by atoms with Crippen molar-refractivity contribution in [2.24, 2.45) is 5.73 Å². The highest BCUT2D eigenvalue weighted by Gasteiger charge is 2.17. The third kappa shape index (κ3) is 5.79. The van der Waals surface area contributed by atoms with Gasteiger partial charge in [0.2, 0.25) is 17.7 Å². The molecule has 3 amide bonds. The van der Waals surface area contributed by atoms with Crippen molar-refractivity contribution in [1.29, 1.82) is 0 Å². The van der Waals surface area contributed by atoms with Crippen LogP contribution >= 0.6 is 11.6 Å². The van der Waals surface area contributed by atoms with Gasteiger partial charge >= 0.3 is 0 Å². The van der Waals surface area contributed by atoms with Crippen LogP contribution in [0.5, 0.6) is 0 Å². The fourth-order valence-corrected chi connectivity index (χ4v) is 2.83. The van der Waals surface area contributed by atoms with E-state index < -0.39 is 11.7 Å². The number of carbonyl (C=O) groups is 3. The van der Waals surface area contributed by atoms with Gasteiger partial charge in [0.25, 0.3) is 0 Å². The maximum atomic E-state index is 13.9. The SMILES string of the molecule is CCN(CCC(=O)Nc1ccc(C(N)=O)cc1)C(=O)Cc1c(F)cccc1Cl. The topological polar surface area (TPSA) is 92.5 Å². The van der Waals surface area contributed by atoms with Gasteiger partial charge in [-0.15, -0.1) is 0 Å². The molecule has 0 fully saturated rings. The Hall–Kier alpha value is -2.93. The molecule has 0 saturated heterocycles. The lowest BCUT2D eigenvalue weighted by Crippen LogP contribution is -2.35. The van der Waals surface area contributed by atoms with Crippen LogP contribution in [-0.2, 0) is 16.0 Å². The third-order valence-corrected chi connectivity index (χ3v) is 4.54.